The van der Waals surface area contributed by atoms with Crippen molar-refractivity contribution in [3.05, 3.63) is 58.4 Å². The van der Waals surface area contributed by atoms with Crippen LogP contribution in [0.5, 0.6) is 5.75 Å². The van der Waals surface area contributed by atoms with Crippen molar-refractivity contribution in [3.8, 4) is 5.75 Å². The number of rotatable bonds is 7. The van der Waals surface area contributed by atoms with E-state index in [2.05, 4.69) is 30.3 Å². The molecule has 4 rings (SSSR count). The van der Waals surface area contributed by atoms with Gasteiger partial charge < -0.3 is 19.7 Å². The summed E-state index contributed by atoms with van der Waals surface area (Å²) >= 11 is 0. The first kappa shape index (κ1) is 27.7. The van der Waals surface area contributed by atoms with Crippen molar-refractivity contribution in [2.75, 3.05) is 20.8 Å². The first-order valence-electron chi connectivity index (χ1n) is 12.8. The van der Waals surface area contributed by atoms with Crippen LogP contribution < -0.4 is 15.0 Å². The van der Waals surface area contributed by atoms with E-state index < -0.39 is 17.7 Å². The third kappa shape index (κ3) is 5.88. The van der Waals surface area contributed by atoms with E-state index in [9.17, 15) is 22.8 Å². The molecule has 1 aromatic carbocycles. The van der Waals surface area contributed by atoms with Crippen LogP contribution >= 0.6 is 0 Å². The highest BCUT2D eigenvalue weighted by atomic mass is 19.4. The largest absolute Gasteiger partial charge is 0.496 e. The molecule has 204 valence electrons. The zero-order valence-electron chi connectivity index (χ0n) is 22.0. The van der Waals surface area contributed by atoms with E-state index in [4.69, 9.17) is 9.47 Å². The topological polar surface area (TPSA) is 82.0 Å². The van der Waals surface area contributed by atoms with Gasteiger partial charge in [-0.2, -0.15) is 13.2 Å². The monoisotopic (exact) mass is 532 g/mol. The third-order valence-electron chi connectivity index (χ3n) is 7.65. The fourth-order valence-electron chi connectivity index (χ4n) is 5.59. The molecule has 1 amide bonds. The van der Waals surface area contributed by atoms with Gasteiger partial charge in [0.2, 0.25) is 5.91 Å². The van der Waals surface area contributed by atoms with Crippen molar-refractivity contribution in [3.63, 3.8) is 0 Å². The lowest BCUT2D eigenvalue weighted by atomic mass is 9.85. The predicted octanol–water partition coefficient (Wildman–Crippen LogP) is 3.63. The van der Waals surface area contributed by atoms with Crippen molar-refractivity contribution >= 4 is 11.9 Å². The molecule has 0 bridgehead atoms. The molecule has 10 heteroatoms. The summed E-state index contributed by atoms with van der Waals surface area (Å²) in [5.74, 6) is 0.140. The van der Waals surface area contributed by atoms with Gasteiger partial charge in [0.05, 0.1) is 32.7 Å². The Morgan fingerprint density at radius 1 is 1.21 bits per heavy atom. The number of hydrogen-bond acceptors (Lipinski definition) is 5. The standard InChI is InChI=1S/C28H33F3N3O4/c1-16(2)21-11-20(32-13-17-5-6-25(37-3)23(9-17)27(36)38-4)12-22(21)26(35)34-8-7-24-18(15-34)10-19(14-33-24)28(29,30)31/h5-6,9-10,16,20-22,32H,7-8,11-13,15H2,1-4H3/q+1/t20-,21?,22-/m1/s1. The highest BCUT2D eigenvalue weighted by Gasteiger charge is 2.43. The summed E-state index contributed by atoms with van der Waals surface area (Å²) in [5, 5.41) is 3.53. The Balaban J connectivity index is 1.44. The lowest BCUT2D eigenvalue weighted by Crippen LogP contribution is -2.42. The fourth-order valence-corrected chi connectivity index (χ4v) is 5.59. The van der Waals surface area contributed by atoms with Crippen LogP contribution in [0.3, 0.4) is 0 Å². The Kier molecular flexibility index (Phi) is 8.16. The lowest BCUT2D eigenvalue weighted by Gasteiger charge is -2.31. The van der Waals surface area contributed by atoms with Crippen molar-refractivity contribution in [2.45, 2.75) is 58.4 Å². The zero-order chi connectivity index (χ0) is 27.6. The third-order valence-corrected chi connectivity index (χ3v) is 7.65. The molecule has 2 aromatic rings. The molecule has 2 aliphatic rings. The van der Waals surface area contributed by atoms with Gasteiger partial charge in [-0.15, -0.1) is 0 Å². The molecule has 2 heterocycles. The second-order valence-electron chi connectivity index (χ2n) is 10.4. The molecule has 1 aliphatic carbocycles. The molecule has 1 aromatic heterocycles. The average Bonchev–Trinajstić information content (AvgIpc) is 3.34. The Bertz CT molecular complexity index is 1180. The van der Waals surface area contributed by atoms with Gasteiger partial charge >= 0.3 is 24.0 Å². The van der Waals surface area contributed by atoms with E-state index in [-0.39, 0.29) is 36.2 Å². The van der Waals surface area contributed by atoms with Crippen LogP contribution in [0.2, 0.25) is 0 Å². The van der Waals surface area contributed by atoms with Crippen LogP contribution in [0.15, 0.2) is 24.3 Å². The molecule has 1 unspecified atom stereocenters. The molecular weight excluding hydrogens is 499 g/mol. The van der Waals surface area contributed by atoms with Crippen molar-refractivity contribution in [1.29, 1.82) is 0 Å². The second-order valence-corrected chi connectivity index (χ2v) is 10.4. The number of benzene rings is 1. The highest BCUT2D eigenvalue weighted by molar-refractivity contribution is 5.92. The molecule has 1 aliphatic heterocycles. The number of nitrogens with zero attached hydrogens (tertiary/aromatic N) is 2. The molecule has 7 nitrogen and oxygen atoms in total. The number of fused-ring (bicyclic) bond motifs is 1. The maximum atomic E-state index is 13.6. The van der Waals surface area contributed by atoms with Crippen LogP contribution in [0.4, 0.5) is 13.2 Å². The molecule has 3 atom stereocenters. The summed E-state index contributed by atoms with van der Waals surface area (Å²) in [4.78, 5) is 31.3. The van der Waals surface area contributed by atoms with Crippen LogP contribution in [-0.2, 0) is 35.2 Å². The molecule has 0 saturated heterocycles. The van der Waals surface area contributed by atoms with Crippen molar-refractivity contribution in [1.82, 2.24) is 10.2 Å². The highest BCUT2D eigenvalue weighted by Crippen LogP contribution is 2.39. The Hall–Kier alpha value is -3.32. The lowest BCUT2D eigenvalue weighted by molar-refractivity contribution is -0.313. The number of carbonyl (C=O) groups is 2. The van der Waals surface area contributed by atoms with Gasteiger partial charge in [0.1, 0.15) is 11.3 Å². The van der Waals surface area contributed by atoms with E-state index in [0.29, 0.717) is 48.5 Å². The van der Waals surface area contributed by atoms with Gasteiger partial charge in [-0.1, -0.05) is 19.9 Å². The Morgan fingerprint density at radius 2 is 1.97 bits per heavy atom. The van der Waals surface area contributed by atoms with Gasteiger partial charge in [-0.25, -0.2) is 4.79 Å². The van der Waals surface area contributed by atoms with Gasteiger partial charge in [-0.3, -0.25) is 4.79 Å². The summed E-state index contributed by atoms with van der Waals surface area (Å²) in [6.07, 6.45) is -0.570. The van der Waals surface area contributed by atoms with Crippen molar-refractivity contribution < 1.29 is 37.2 Å². The first-order valence-corrected chi connectivity index (χ1v) is 12.8. The quantitative estimate of drug-likeness (QED) is 0.549. The number of nitrogens with one attached hydrogen (secondary N) is 1. The SMILES string of the molecule is COC(=O)c1cc(CN[C@@H]2CC(C(C)C)[C@H](C(=O)N3CCc4[n+]#cc(C(F)(F)F)cc4C3)C2)ccc1OC. The van der Waals surface area contributed by atoms with Crippen LogP contribution in [0, 0.1) is 24.0 Å². The molecule has 1 N–H and O–H groups in total. The summed E-state index contributed by atoms with van der Waals surface area (Å²) in [7, 11) is 2.81. The summed E-state index contributed by atoms with van der Waals surface area (Å²) in [5.41, 5.74) is 1.33. The number of methoxy groups -OCH3 is 2. The minimum atomic E-state index is -4.52. The first-order chi connectivity index (χ1) is 18.0. The smallest absolute Gasteiger partial charge is 0.430 e. The minimum absolute atomic E-state index is 0.0162. The molecule has 0 radical (unpaired) electrons. The molecule has 1 saturated carbocycles. The molecule has 0 spiro atoms. The number of halogens is 3. The van der Waals surface area contributed by atoms with Crippen LogP contribution in [0.25, 0.3) is 0 Å². The molecule has 38 heavy (non-hydrogen) atoms. The van der Waals surface area contributed by atoms with E-state index >= 15 is 0 Å². The number of ether oxygens (including phenoxy) is 2. The minimum Gasteiger partial charge on any atom is -0.496 e. The zero-order valence-corrected chi connectivity index (χ0v) is 22.0. The van der Waals surface area contributed by atoms with Gasteiger partial charge in [0.15, 0.2) is 5.56 Å². The van der Waals surface area contributed by atoms with Crippen LogP contribution in [-0.4, -0.2) is 43.6 Å². The van der Waals surface area contributed by atoms with Gasteiger partial charge in [-0.05, 0) is 53.4 Å². The second kappa shape index (κ2) is 11.2. The van der Waals surface area contributed by atoms with Crippen molar-refractivity contribution in [2.24, 2.45) is 17.8 Å². The van der Waals surface area contributed by atoms with Crippen LogP contribution in [0.1, 0.15) is 59.4 Å². The van der Waals surface area contributed by atoms with E-state index in [1.165, 1.54) is 14.2 Å². The number of esters is 1. The Labute approximate surface area is 220 Å². The number of carbonyl (C=O) groups excluding carboxylic acids is 2. The maximum absolute atomic E-state index is 13.6. The van der Waals surface area contributed by atoms with Gasteiger partial charge in [0.25, 0.3) is 0 Å². The van der Waals surface area contributed by atoms with E-state index in [0.717, 1.165) is 18.1 Å². The van der Waals surface area contributed by atoms with E-state index in [1.54, 1.807) is 17.0 Å². The number of hydrogen-bond donors (Lipinski definition) is 1. The maximum Gasteiger partial charge on any atom is 0.430 e. The normalized spacial score (nSPS) is 21.2. The predicted molar refractivity (Wildman–Crippen MR) is 131 cm³/mol. The average molecular weight is 533 g/mol. The summed E-state index contributed by atoms with van der Waals surface area (Å²) in [6, 6.07) is 6.50. The number of aromatic nitrogens is 1. The summed E-state index contributed by atoms with van der Waals surface area (Å²) < 4.78 is 49.6. The Morgan fingerprint density at radius 3 is 2.63 bits per heavy atom. The van der Waals surface area contributed by atoms with Gasteiger partial charge in [0, 0.05) is 25.0 Å². The number of amides is 1. The summed E-state index contributed by atoms with van der Waals surface area (Å²) in [6.45, 7) is 5.25. The fraction of sp³-hybridized carbons (Fsp3) is 0.536. The van der Waals surface area contributed by atoms with E-state index in [1.807, 2.05) is 6.07 Å². The molecular formula is C28H33F3N3O4+. The molecule has 1 fully saturated rings. The number of alkyl halides is 3.